The van der Waals surface area contributed by atoms with Crippen LogP contribution in [0.3, 0.4) is 0 Å². The normalized spacial score (nSPS) is 16.2. The highest BCUT2D eigenvalue weighted by Crippen LogP contribution is 2.26. The van der Waals surface area contributed by atoms with E-state index >= 15 is 0 Å². The van der Waals surface area contributed by atoms with E-state index in [0.717, 1.165) is 40.9 Å². The lowest BCUT2D eigenvalue weighted by Crippen LogP contribution is -2.46. The van der Waals surface area contributed by atoms with Crippen molar-refractivity contribution in [1.82, 2.24) is 15.6 Å². The molecule has 0 spiro atoms. The first kappa shape index (κ1) is 20.1. The molecule has 1 fully saturated rings. The Morgan fingerprint density at radius 3 is 2.81 bits per heavy atom. The van der Waals surface area contributed by atoms with Crippen molar-refractivity contribution in [2.45, 2.75) is 57.9 Å². The maximum Gasteiger partial charge on any atom is 0.223 e. The molecule has 1 aliphatic carbocycles. The van der Waals surface area contributed by atoms with Crippen molar-refractivity contribution in [3.05, 3.63) is 28.2 Å². The molecule has 7 heteroatoms. The average molecular weight is 408 g/mol. The molecule has 3 rings (SSSR count). The fourth-order valence-corrected chi connectivity index (χ4v) is 4.80. The van der Waals surface area contributed by atoms with Crippen molar-refractivity contribution in [3.63, 3.8) is 0 Å². The maximum absolute atomic E-state index is 12.4. The number of nitrogens with zero attached hydrogens (tertiary/aromatic N) is 1. The van der Waals surface area contributed by atoms with Crippen molar-refractivity contribution in [2.75, 3.05) is 6.54 Å². The summed E-state index contributed by atoms with van der Waals surface area (Å²) in [4.78, 5) is 29.0. The highest BCUT2D eigenvalue weighted by Gasteiger charge is 2.22. The van der Waals surface area contributed by atoms with Gasteiger partial charge in [-0.15, -0.1) is 11.3 Å². The van der Waals surface area contributed by atoms with Crippen LogP contribution >= 0.6 is 22.9 Å². The zero-order valence-corrected chi connectivity index (χ0v) is 17.2. The van der Waals surface area contributed by atoms with Gasteiger partial charge in [-0.1, -0.05) is 37.8 Å². The number of halogens is 1. The molecule has 2 amide bonds. The lowest BCUT2D eigenvalue weighted by atomic mass is 9.88. The number of carbonyl (C=O) groups is 2. The monoisotopic (exact) mass is 407 g/mol. The van der Waals surface area contributed by atoms with Crippen LogP contribution in [-0.4, -0.2) is 29.4 Å². The lowest BCUT2D eigenvalue weighted by Gasteiger charge is -2.23. The second-order valence-electron chi connectivity index (χ2n) is 7.12. The maximum atomic E-state index is 12.4. The number of carbonyl (C=O) groups excluding carboxylic acids is 2. The molecule has 0 aliphatic heterocycles. The van der Waals surface area contributed by atoms with E-state index in [1.165, 1.54) is 6.42 Å². The summed E-state index contributed by atoms with van der Waals surface area (Å²) in [6.07, 6.45) is 6.42. The smallest absolute Gasteiger partial charge is 0.223 e. The lowest BCUT2D eigenvalue weighted by molar-refractivity contribution is -0.126. The predicted octanol–water partition coefficient (Wildman–Crippen LogP) is 4.08. The van der Waals surface area contributed by atoms with E-state index in [2.05, 4.69) is 15.6 Å². The van der Waals surface area contributed by atoms with E-state index in [1.54, 1.807) is 11.3 Å². The van der Waals surface area contributed by atoms with Crippen LogP contribution in [0.4, 0.5) is 0 Å². The third kappa shape index (κ3) is 5.66. The van der Waals surface area contributed by atoms with Gasteiger partial charge < -0.3 is 10.6 Å². The molecular weight excluding hydrogens is 382 g/mol. The van der Waals surface area contributed by atoms with Gasteiger partial charge in [0, 0.05) is 30.3 Å². The van der Waals surface area contributed by atoms with Gasteiger partial charge in [0.05, 0.1) is 21.3 Å². The minimum Gasteiger partial charge on any atom is -0.354 e. The fraction of sp³-hybridized carbons (Fsp3) is 0.550. The van der Waals surface area contributed by atoms with Crippen LogP contribution in [0, 0.1) is 5.92 Å². The Balaban J connectivity index is 1.64. The summed E-state index contributed by atoms with van der Waals surface area (Å²) in [5.41, 5.74) is 0.909. The Bertz CT molecular complexity index is 802. The minimum atomic E-state index is -0.166. The SMILES string of the molecule is CCC(=O)N[C@H](CNC(=O)C1CCCCC1)Cc1nc2ccc(Cl)cc2s1. The van der Waals surface area contributed by atoms with Crippen molar-refractivity contribution >= 4 is 45.0 Å². The third-order valence-electron chi connectivity index (χ3n) is 5.00. The minimum absolute atomic E-state index is 0.0175. The largest absolute Gasteiger partial charge is 0.354 e. The predicted molar refractivity (Wildman–Crippen MR) is 110 cm³/mol. The van der Waals surface area contributed by atoms with Gasteiger partial charge in [-0.25, -0.2) is 4.98 Å². The molecule has 146 valence electrons. The Hall–Kier alpha value is -1.66. The van der Waals surface area contributed by atoms with Crippen LogP contribution in [-0.2, 0) is 16.0 Å². The molecule has 1 heterocycles. The molecule has 1 saturated carbocycles. The summed E-state index contributed by atoms with van der Waals surface area (Å²) in [5, 5.41) is 7.68. The number of thiazole rings is 1. The van der Waals surface area contributed by atoms with Crippen LogP contribution in [0.1, 0.15) is 50.5 Å². The molecule has 0 unspecified atom stereocenters. The average Bonchev–Trinajstić information content (AvgIpc) is 3.07. The molecule has 2 N–H and O–H groups in total. The molecule has 0 saturated heterocycles. The fourth-order valence-electron chi connectivity index (χ4n) is 3.48. The number of hydrogen-bond acceptors (Lipinski definition) is 4. The Morgan fingerprint density at radius 2 is 2.07 bits per heavy atom. The first-order valence-electron chi connectivity index (χ1n) is 9.67. The van der Waals surface area contributed by atoms with Gasteiger partial charge in [0.1, 0.15) is 0 Å². The van der Waals surface area contributed by atoms with Gasteiger partial charge in [-0.05, 0) is 31.0 Å². The number of rotatable bonds is 7. The van der Waals surface area contributed by atoms with E-state index in [4.69, 9.17) is 11.6 Å². The second kappa shape index (κ2) is 9.51. The summed E-state index contributed by atoms with van der Waals surface area (Å²) < 4.78 is 1.03. The summed E-state index contributed by atoms with van der Waals surface area (Å²) in [6.45, 7) is 2.25. The standard InChI is InChI=1S/C20H26ClN3O2S/c1-2-18(25)23-15(12-22-20(26)13-6-4-3-5-7-13)11-19-24-16-9-8-14(21)10-17(16)27-19/h8-10,13,15H,2-7,11-12H2,1H3,(H,22,26)(H,23,25)/t15-/m0/s1. The molecule has 27 heavy (non-hydrogen) atoms. The van der Waals surface area contributed by atoms with Crippen molar-refractivity contribution in [3.8, 4) is 0 Å². The Labute approximate surface area is 168 Å². The van der Waals surface area contributed by atoms with E-state index in [1.807, 2.05) is 25.1 Å². The highest BCUT2D eigenvalue weighted by molar-refractivity contribution is 7.18. The highest BCUT2D eigenvalue weighted by atomic mass is 35.5. The zero-order valence-electron chi connectivity index (χ0n) is 15.6. The van der Waals surface area contributed by atoms with Crippen molar-refractivity contribution < 1.29 is 9.59 Å². The molecule has 5 nitrogen and oxygen atoms in total. The van der Waals surface area contributed by atoms with Crippen LogP contribution in [0.5, 0.6) is 0 Å². The van der Waals surface area contributed by atoms with Gasteiger partial charge >= 0.3 is 0 Å². The van der Waals surface area contributed by atoms with Crippen molar-refractivity contribution in [2.24, 2.45) is 5.92 Å². The molecular formula is C20H26ClN3O2S. The second-order valence-corrected chi connectivity index (χ2v) is 8.67. The number of benzene rings is 1. The van der Waals surface area contributed by atoms with Gasteiger partial charge in [0.25, 0.3) is 0 Å². The number of nitrogens with one attached hydrogen (secondary N) is 2. The summed E-state index contributed by atoms with van der Waals surface area (Å²) in [7, 11) is 0. The number of amides is 2. The first-order valence-corrected chi connectivity index (χ1v) is 10.9. The van der Waals surface area contributed by atoms with Crippen LogP contribution in [0.25, 0.3) is 10.2 Å². The topological polar surface area (TPSA) is 71.1 Å². The third-order valence-corrected chi connectivity index (χ3v) is 6.28. The number of fused-ring (bicyclic) bond motifs is 1. The van der Waals surface area contributed by atoms with Gasteiger partial charge in [0.2, 0.25) is 11.8 Å². The Morgan fingerprint density at radius 1 is 1.30 bits per heavy atom. The van der Waals surface area contributed by atoms with E-state index in [-0.39, 0.29) is 23.8 Å². The van der Waals surface area contributed by atoms with E-state index in [0.29, 0.717) is 24.4 Å². The molecule has 2 aromatic rings. The summed E-state index contributed by atoms with van der Waals surface area (Å²) >= 11 is 7.63. The molecule has 0 radical (unpaired) electrons. The Kier molecular flexibility index (Phi) is 7.07. The molecule has 1 aliphatic rings. The number of aromatic nitrogens is 1. The van der Waals surface area contributed by atoms with Crippen LogP contribution in [0.15, 0.2) is 18.2 Å². The van der Waals surface area contributed by atoms with E-state index in [9.17, 15) is 9.59 Å². The summed E-state index contributed by atoms with van der Waals surface area (Å²) in [5.74, 6) is 0.212. The van der Waals surface area contributed by atoms with Crippen LogP contribution in [0.2, 0.25) is 5.02 Å². The van der Waals surface area contributed by atoms with Crippen LogP contribution < -0.4 is 10.6 Å². The molecule has 0 bridgehead atoms. The number of hydrogen-bond donors (Lipinski definition) is 2. The van der Waals surface area contributed by atoms with Gasteiger partial charge in [-0.2, -0.15) is 0 Å². The van der Waals surface area contributed by atoms with Gasteiger partial charge in [-0.3, -0.25) is 9.59 Å². The summed E-state index contributed by atoms with van der Waals surface area (Å²) in [6, 6.07) is 5.47. The zero-order chi connectivity index (χ0) is 19.2. The first-order chi connectivity index (χ1) is 13.0. The molecule has 1 aromatic carbocycles. The van der Waals surface area contributed by atoms with Gasteiger partial charge in [0.15, 0.2) is 0 Å². The molecule has 1 aromatic heterocycles. The van der Waals surface area contributed by atoms with E-state index < -0.39 is 0 Å². The van der Waals surface area contributed by atoms with Crippen molar-refractivity contribution in [1.29, 1.82) is 0 Å². The quantitative estimate of drug-likeness (QED) is 0.726. The molecule has 1 atom stereocenters.